The summed E-state index contributed by atoms with van der Waals surface area (Å²) in [5.74, 6) is 1.84. The molecular weight excluding hydrogens is 427 g/mol. The Morgan fingerprint density at radius 2 is 1.96 bits per heavy atom. The van der Waals surface area contributed by atoms with E-state index in [1.807, 2.05) is 12.1 Å². The lowest BCUT2D eigenvalue weighted by molar-refractivity contribution is 0.295. The van der Waals surface area contributed by atoms with Crippen molar-refractivity contribution in [2.45, 2.75) is 44.7 Å². The number of nitrogens with zero attached hydrogens (tertiary/aromatic N) is 2. The maximum absolute atomic E-state index is 5.53. The number of hydrogen-bond donors (Lipinski definition) is 2. The van der Waals surface area contributed by atoms with Crippen LogP contribution in [0.3, 0.4) is 0 Å². The Bertz CT molecular complexity index is 530. The zero-order valence-corrected chi connectivity index (χ0v) is 18.2. The first-order valence-corrected chi connectivity index (χ1v) is 8.99. The molecule has 142 valence electrons. The molecule has 1 aromatic rings. The highest BCUT2D eigenvalue weighted by atomic mass is 127. The summed E-state index contributed by atoms with van der Waals surface area (Å²) in [6, 6.07) is 8.94. The van der Waals surface area contributed by atoms with Crippen molar-refractivity contribution in [1.29, 1.82) is 0 Å². The maximum atomic E-state index is 5.53. The average Bonchev–Trinajstić information content (AvgIpc) is 3.08. The first-order valence-electron chi connectivity index (χ1n) is 8.99. The van der Waals surface area contributed by atoms with Crippen LogP contribution in [0.15, 0.2) is 29.3 Å². The number of halogens is 1. The van der Waals surface area contributed by atoms with Crippen molar-refractivity contribution in [3.8, 4) is 5.75 Å². The molecule has 1 aromatic carbocycles. The molecule has 6 heteroatoms. The summed E-state index contributed by atoms with van der Waals surface area (Å²) in [7, 11) is 5.90. The molecular formula is C19H33IN4O. The quantitative estimate of drug-likeness (QED) is 0.372. The van der Waals surface area contributed by atoms with Gasteiger partial charge in [0.05, 0.1) is 19.7 Å². The molecule has 0 heterocycles. The van der Waals surface area contributed by atoms with Gasteiger partial charge < -0.3 is 20.3 Å². The van der Waals surface area contributed by atoms with E-state index in [-0.39, 0.29) is 30.0 Å². The molecule has 1 fully saturated rings. The van der Waals surface area contributed by atoms with Gasteiger partial charge in [0.15, 0.2) is 5.96 Å². The van der Waals surface area contributed by atoms with Gasteiger partial charge >= 0.3 is 0 Å². The van der Waals surface area contributed by atoms with Crippen molar-refractivity contribution >= 4 is 29.9 Å². The Hall–Kier alpha value is -1.02. The molecule has 1 aliphatic rings. The number of aliphatic imine (C=N–C) groups is 1. The average molecular weight is 460 g/mol. The second-order valence-electron chi connectivity index (χ2n) is 6.57. The predicted molar refractivity (Wildman–Crippen MR) is 116 cm³/mol. The summed E-state index contributed by atoms with van der Waals surface area (Å²) in [5.41, 5.74) is 1.17. The smallest absolute Gasteiger partial charge is 0.191 e. The van der Waals surface area contributed by atoms with Gasteiger partial charge in [-0.1, -0.05) is 31.0 Å². The summed E-state index contributed by atoms with van der Waals surface area (Å²) < 4.78 is 5.53. The summed E-state index contributed by atoms with van der Waals surface area (Å²) in [4.78, 5) is 7.04. The highest BCUT2D eigenvalue weighted by molar-refractivity contribution is 14.0. The van der Waals surface area contributed by atoms with Gasteiger partial charge in [-0.05, 0) is 39.9 Å². The zero-order chi connectivity index (χ0) is 17.4. The van der Waals surface area contributed by atoms with E-state index >= 15 is 0 Å². The molecule has 0 spiro atoms. The number of likely N-dealkylation sites (N-methyl/N-ethyl adjacent to an activating group) is 1. The van der Waals surface area contributed by atoms with Crippen LogP contribution in [-0.2, 0) is 0 Å². The van der Waals surface area contributed by atoms with Gasteiger partial charge in [-0.25, -0.2) is 0 Å². The van der Waals surface area contributed by atoms with Crippen LogP contribution in [-0.4, -0.2) is 51.2 Å². The number of ether oxygens (including phenoxy) is 1. The fraction of sp³-hybridized carbons (Fsp3) is 0.632. The molecule has 1 aliphatic carbocycles. The minimum absolute atomic E-state index is 0. The van der Waals surface area contributed by atoms with E-state index < -0.39 is 0 Å². The van der Waals surface area contributed by atoms with Crippen LogP contribution in [0.2, 0.25) is 0 Å². The third kappa shape index (κ3) is 6.66. The van der Waals surface area contributed by atoms with Gasteiger partial charge in [-0.15, -0.1) is 24.0 Å². The minimum Gasteiger partial charge on any atom is -0.496 e. The fourth-order valence-corrected chi connectivity index (χ4v) is 3.24. The molecule has 2 N–H and O–H groups in total. The van der Waals surface area contributed by atoms with Gasteiger partial charge in [0.2, 0.25) is 0 Å². The molecule has 1 saturated carbocycles. The fourth-order valence-electron chi connectivity index (χ4n) is 3.24. The van der Waals surface area contributed by atoms with Crippen molar-refractivity contribution < 1.29 is 4.74 Å². The van der Waals surface area contributed by atoms with Crippen LogP contribution in [0, 0.1) is 0 Å². The monoisotopic (exact) mass is 460 g/mol. The number of rotatable bonds is 7. The normalized spacial score (nSPS) is 16.4. The van der Waals surface area contributed by atoms with E-state index in [2.05, 4.69) is 48.7 Å². The van der Waals surface area contributed by atoms with Crippen LogP contribution in [0.25, 0.3) is 0 Å². The molecule has 1 unspecified atom stereocenters. The molecule has 0 radical (unpaired) electrons. The Morgan fingerprint density at radius 1 is 1.28 bits per heavy atom. The number of para-hydroxylation sites is 1. The molecule has 1 atom stereocenters. The first-order chi connectivity index (χ1) is 11.7. The van der Waals surface area contributed by atoms with E-state index in [0.717, 1.165) is 18.3 Å². The van der Waals surface area contributed by atoms with Crippen LogP contribution < -0.4 is 15.4 Å². The highest BCUT2D eigenvalue weighted by Gasteiger charge is 2.19. The number of hydrogen-bond acceptors (Lipinski definition) is 3. The van der Waals surface area contributed by atoms with Gasteiger partial charge in [0, 0.05) is 18.2 Å². The number of nitrogens with one attached hydrogen (secondary N) is 2. The van der Waals surface area contributed by atoms with Gasteiger partial charge in [0.25, 0.3) is 0 Å². The third-order valence-electron chi connectivity index (χ3n) is 4.58. The van der Waals surface area contributed by atoms with E-state index in [1.54, 1.807) is 7.11 Å². The van der Waals surface area contributed by atoms with E-state index in [0.29, 0.717) is 12.6 Å². The van der Waals surface area contributed by atoms with E-state index in [9.17, 15) is 0 Å². The topological polar surface area (TPSA) is 48.9 Å². The third-order valence-corrected chi connectivity index (χ3v) is 4.58. The molecule has 2 rings (SSSR count). The summed E-state index contributed by atoms with van der Waals surface area (Å²) in [6.45, 7) is 3.67. The molecule has 25 heavy (non-hydrogen) atoms. The van der Waals surface area contributed by atoms with Crippen LogP contribution in [0.4, 0.5) is 0 Å². The molecule has 0 aromatic heterocycles. The van der Waals surface area contributed by atoms with Crippen molar-refractivity contribution in [2.24, 2.45) is 4.99 Å². The van der Waals surface area contributed by atoms with Crippen molar-refractivity contribution in [1.82, 2.24) is 15.5 Å². The Balaban J connectivity index is 0.00000312. The highest BCUT2D eigenvalue weighted by Crippen LogP contribution is 2.28. The molecule has 0 saturated heterocycles. The van der Waals surface area contributed by atoms with Crippen LogP contribution in [0.5, 0.6) is 5.75 Å². The predicted octanol–water partition coefficient (Wildman–Crippen LogP) is 3.41. The van der Waals surface area contributed by atoms with Crippen molar-refractivity contribution in [2.75, 3.05) is 34.3 Å². The summed E-state index contributed by atoms with van der Waals surface area (Å²) >= 11 is 0. The lowest BCUT2D eigenvalue weighted by atomic mass is 10.0. The van der Waals surface area contributed by atoms with Crippen LogP contribution in [0.1, 0.15) is 44.2 Å². The summed E-state index contributed by atoms with van der Waals surface area (Å²) in [5, 5.41) is 6.95. The molecule has 5 nitrogen and oxygen atoms in total. The zero-order valence-electron chi connectivity index (χ0n) is 15.9. The lowest BCUT2D eigenvalue weighted by Gasteiger charge is -2.25. The van der Waals surface area contributed by atoms with Gasteiger partial charge in [-0.2, -0.15) is 0 Å². The molecule has 0 amide bonds. The van der Waals surface area contributed by atoms with Crippen molar-refractivity contribution in [3.63, 3.8) is 0 Å². The number of guanidine groups is 1. The standard InChI is InChI=1S/C19H32N4O.HI/c1-5-20-19(22-15-10-6-7-11-15)21-14-17(23(2)3)16-12-8-9-13-18(16)24-4;/h8-9,12-13,15,17H,5-7,10-11,14H2,1-4H3,(H2,20,21,22);1H. The Morgan fingerprint density at radius 3 is 2.56 bits per heavy atom. The number of methoxy groups -OCH3 is 1. The van der Waals surface area contributed by atoms with Crippen molar-refractivity contribution in [3.05, 3.63) is 29.8 Å². The van der Waals surface area contributed by atoms with Gasteiger partial charge in [-0.3, -0.25) is 4.99 Å². The summed E-state index contributed by atoms with van der Waals surface area (Å²) in [6.07, 6.45) is 5.12. The van der Waals surface area contributed by atoms with E-state index in [1.165, 1.54) is 31.2 Å². The molecule has 0 bridgehead atoms. The first kappa shape index (κ1) is 22.0. The maximum Gasteiger partial charge on any atom is 0.191 e. The van der Waals surface area contributed by atoms with Gasteiger partial charge in [0.1, 0.15) is 5.75 Å². The Kier molecular flexibility index (Phi) is 10.2. The van der Waals surface area contributed by atoms with E-state index in [4.69, 9.17) is 9.73 Å². The largest absolute Gasteiger partial charge is 0.496 e. The minimum atomic E-state index is 0. The second-order valence-corrected chi connectivity index (χ2v) is 6.57. The lowest BCUT2D eigenvalue weighted by Crippen LogP contribution is -2.42. The molecule has 0 aliphatic heterocycles. The number of benzene rings is 1. The second kappa shape index (κ2) is 11.6. The SMILES string of the molecule is CCNC(=NCC(c1ccccc1OC)N(C)C)NC1CCCC1.I. The van der Waals surface area contributed by atoms with Crippen LogP contribution >= 0.6 is 24.0 Å². The Labute approximate surface area is 169 Å².